The van der Waals surface area contributed by atoms with Gasteiger partial charge in [0.05, 0.1) is 36.0 Å². The summed E-state index contributed by atoms with van der Waals surface area (Å²) in [6.45, 7) is 3.71. The molecule has 12 nitrogen and oxygen atoms in total. The van der Waals surface area contributed by atoms with Crippen LogP contribution in [0.3, 0.4) is 0 Å². The molecule has 0 aromatic heterocycles. The van der Waals surface area contributed by atoms with Gasteiger partial charge in [0.15, 0.2) is 24.1 Å². The van der Waals surface area contributed by atoms with Gasteiger partial charge in [-0.25, -0.2) is 0 Å². The van der Waals surface area contributed by atoms with Crippen molar-refractivity contribution >= 4 is 17.3 Å². The van der Waals surface area contributed by atoms with Crippen LogP contribution in [0.2, 0.25) is 0 Å². The van der Waals surface area contributed by atoms with E-state index in [4.69, 9.17) is 23.7 Å². The third kappa shape index (κ3) is 5.33. The van der Waals surface area contributed by atoms with E-state index in [1.165, 1.54) is 26.2 Å². The molecule has 0 radical (unpaired) electrons. The summed E-state index contributed by atoms with van der Waals surface area (Å²) in [6, 6.07) is 4.29. The lowest BCUT2D eigenvalue weighted by Gasteiger charge is -2.44. The smallest absolute Gasteiger partial charge is 0.202 e. The first-order valence-electron chi connectivity index (χ1n) is 15.3. The molecule has 0 saturated carbocycles. The number of nitrogens with one attached hydrogen (secondary N) is 1. The molecule has 4 aliphatic rings. The van der Waals surface area contributed by atoms with Crippen molar-refractivity contribution in [2.24, 2.45) is 0 Å². The second kappa shape index (κ2) is 12.1. The van der Waals surface area contributed by atoms with E-state index in [2.05, 4.69) is 5.32 Å². The van der Waals surface area contributed by atoms with Crippen LogP contribution < -0.4 is 10.1 Å². The molecule has 2 aliphatic carbocycles. The van der Waals surface area contributed by atoms with Crippen molar-refractivity contribution in [2.45, 2.75) is 94.9 Å². The van der Waals surface area contributed by atoms with Gasteiger partial charge in [0, 0.05) is 48.6 Å². The number of ketones is 3. The highest BCUT2D eigenvalue weighted by Crippen LogP contribution is 2.52. The fraction of sp³-hybridized carbons (Fsp3) is 0.545. The molecule has 0 amide bonds. The topological polar surface area (TPSA) is 170 Å². The standard InChI is InChI=1S/C33H39NO11/c1-15-32(45-22-10-5-6-11-42-22)19(34-3)12-23(43-15)44-21-14-33(40,16(2)35)13-18-25(21)31(39)27-26(29(18)37)28(36)17-8-7-9-20(41-4)24(17)30(27)38/h7-9,15,19,21-23,32,34,37,39-40H,5-6,10-14H2,1-4H3/t15-,19-,21-,22+,23-,32+,33-/m0/s1. The Morgan fingerprint density at radius 1 is 1.04 bits per heavy atom. The molecule has 2 aliphatic heterocycles. The van der Waals surface area contributed by atoms with Crippen LogP contribution >= 0.6 is 0 Å². The van der Waals surface area contributed by atoms with Crippen LogP contribution in [0.5, 0.6) is 17.2 Å². The van der Waals surface area contributed by atoms with E-state index in [0.717, 1.165) is 19.3 Å². The average Bonchev–Trinajstić information content (AvgIpc) is 3.02. The van der Waals surface area contributed by atoms with Gasteiger partial charge < -0.3 is 44.3 Å². The molecule has 242 valence electrons. The van der Waals surface area contributed by atoms with Crippen LogP contribution in [0, 0.1) is 0 Å². The Bertz CT molecular complexity index is 1530. The minimum Gasteiger partial charge on any atom is -0.507 e. The number of fused-ring (bicyclic) bond motifs is 3. The van der Waals surface area contributed by atoms with E-state index in [-0.39, 0.29) is 58.4 Å². The third-order valence-electron chi connectivity index (χ3n) is 9.54. The maximum absolute atomic E-state index is 13.8. The van der Waals surface area contributed by atoms with E-state index in [0.29, 0.717) is 13.0 Å². The summed E-state index contributed by atoms with van der Waals surface area (Å²) in [4.78, 5) is 40.2. The lowest BCUT2D eigenvalue weighted by atomic mass is 9.72. The zero-order valence-corrected chi connectivity index (χ0v) is 25.8. The zero-order chi connectivity index (χ0) is 32.2. The molecule has 45 heavy (non-hydrogen) atoms. The Morgan fingerprint density at radius 2 is 1.80 bits per heavy atom. The van der Waals surface area contributed by atoms with Gasteiger partial charge in [0.25, 0.3) is 0 Å². The Labute approximate surface area is 260 Å². The molecule has 2 fully saturated rings. The summed E-state index contributed by atoms with van der Waals surface area (Å²) in [5.41, 5.74) is -2.82. The molecule has 2 aromatic carbocycles. The molecular formula is C33H39NO11. The Kier molecular flexibility index (Phi) is 8.48. The first-order valence-corrected chi connectivity index (χ1v) is 15.3. The van der Waals surface area contributed by atoms with Crippen LogP contribution in [-0.2, 0) is 30.2 Å². The van der Waals surface area contributed by atoms with Crippen molar-refractivity contribution < 1.29 is 53.4 Å². The average molecular weight is 626 g/mol. The lowest BCUT2D eigenvalue weighted by molar-refractivity contribution is -0.283. The molecular weight excluding hydrogens is 586 g/mol. The number of ether oxygens (including phenoxy) is 5. The summed E-state index contributed by atoms with van der Waals surface area (Å²) in [7, 11) is 3.16. The van der Waals surface area contributed by atoms with Gasteiger partial charge in [-0.15, -0.1) is 0 Å². The number of aromatic hydroxyl groups is 2. The summed E-state index contributed by atoms with van der Waals surface area (Å²) >= 11 is 0. The van der Waals surface area contributed by atoms with Gasteiger partial charge in [0.2, 0.25) is 5.78 Å². The Morgan fingerprint density at radius 3 is 2.47 bits per heavy atom. The number of carbonyl (C=O) groups is 3. The predicted molar refractivity (Wildman–Crippen MR) is 158 cm³/mol. The van der Waals surface area contributed by atoms with Crippen molar-refractivity contribution in [2.75, 3.05) is 20.8 Å². The van der Waals surface area contributed by atoms with E-state index in [9.17, 15) is 29.7 Å². The van der Waals surface area contributed by atoms with E-state index < -0.39 is 64.9 Å². The van der Waals surface area contributed by atoms with Crippen molar-refractivity contribution in [1.29, 1.82) is 0 Å². The second-order valence-electron chi connectivity index (χ2n) is 12.3. The molecule has 2 heterocycles. The highest BCUT2D eigenvalue weighted by atomic mass is 16.7. The van der Waals surface area contributed by atoms with Gasteiger partial charge in [-0.05, 0) is 46.2 Å². The summed E-state index contributed by atoms with van der Waals surface area (Å²) < 4.78 is 30.0. The number of hydrogen-bond acceptors (Lipinski definition) is 12. The largest absolute Gasteiger partial charge is 0.507 e. The number of benzene rings is 2. The normalized spacial score (nSPS) is 31.1. The minimum atomic E-state index is -1.98. The maximum Gasteiger partial charge on any atom is 0.202 e. The van der Waals surface area contributed by atoms with Crippen molar-refractivity contribution in [3.8, 4) is 17.2 Å². The molecule has 2 saturated heterocycles. The van der Waals surface area contributed by atoms with Crippen LogP contribution in [0.15, 0.2) is 18.2 Å². The molecule has 2 aromatic rings. The van der Waals surface area contributed by atoms with Crippen molar-refractivity contribution in [1.82, 2.24) is 5.32 Å². The number of aliphatic hydroxyl groups is 1. The van der Waals surface area contributed by atoms with Crippen molar-refractivity contribution in [3.63, 3.8) is 0 Å². The number of hydrogen-bond donors (Lipinski definition) is 4. The van der Waals surface area contributed by atoms with E-state index in [1.807, 2.05) is 6.92 Å². The molecule has 0 unspecified atom stereocenters. The monoisotopic (exact) mass is 625 g/mol. The van der Waals surface area contributed by atoms with E-state index >= 15 is 0 Å². The van der Waals surface area contributed by atoms with Gasteiger partial charge in [-0.1, -0.05) is 12.1 Å². The third-order valence-corrected chi connectivity index (χ3v) is 9.54. The summed E-state index contributed by atoms with van der Waals surface area (Å²) in [5, 5.41) is 38.0. The van der Waals surface area contributed by atoms with Gasteiger partial charge in [-0.2, -0.15) is 0 Å². The lowest BCUT2D eigenvalue weighted by Crippen LogP contribution is -2.56. The molecule has 0 spiro atoms. The quantitative estimate of drug-likeness (QED) is 0.284. The molecule has 0 bridgehead atoms. The number of rotatable bonds is 7. The fourth-order valence-corrected chi connectivity index (χ4v) is 7.10. The van der Waals surface area contributed by atoms with Gasteiger partial charge in [0.1, 0.15) is 29.0 Å². The Hall–Kier alpha value is -3.39. The molecule has 6 rings (SSSR count). The van der Waals surface area contributed by atoms with Crippen LogP contribution in [-0.4, -0.2) is 89.9 Å². The summed E-state index contributed by atoms with van der Waals surface area (Å²) in [6.07, 6.45) is -0.792. The molecule has 4 N–H and O–H groups in total. The van der Waals surface area contributed by atoms with Crippen LogP contribution in [0.1, 0.15) is 95.0 Å². The number of phenolic OH excluding ortho intramolecular Hbond substituents is 2. The Balaban J connectivity index is 1.38. The second-order valence-corrected chi connectivity index (χ2v) is 12.3. The predicted octanol–water partition coefficient (Wildman–Crippen LogP) is 2.84. The van der Waals surface area contributed by atoms with Crippen LogP contribution in [0.25, 0.3) is 0 Å². The SMILES string of the molecule is CN[C@H]1C[C@H](O[C@H]2C[C@](O)(C(C)=O)Cc3c(O)c4c(c(O)c32)C(=O)c2c(OC)cccc2C4=O)O[C@@H](C)[C@H]1O[C@@H]1CCCCO1. The van der Waals surface area contributed by atoms with E-state index in [1.54, 1.807) is 13.1 Å². The fourth-order valence-electron chi connectivity index (χ4n) is 7.10. The van der Waals surface area contributed by atoms with Crippen LogP contribution in [0.4, 0.5) is 0 Å². The zero-order valence-electron chi connectivity index (χ0n) is 25.8. The number of Topliss-reactive ketones (excluding diaryl/α,β-unsaturated/α-hetero) is 1. The first-order chi connectivity index (χ1) is 21.5. The van der Waals surface area contributed by atoms with Gasteiger partial charge >= 0.3 is 0 Å². The van der Waals surface area contributed by atoms with Gasteiger partial charge in [-0.3, -0.25) is 14.4 Å². The summed E-state index contributed by atoms with van der Waals surface area (Å²) in [5.74, 6) is -3.00. The highest BCUT2D eigenvalue weighted by molar-refractivity contribution is 6.31. The molecule has 12 heteroatoms. The van der Waals surface area contributed by atoms with Crippen molar-refractivity contribution in [3.05, 3.63) is 51.6 Å². The minimum absolute atomic E-state index is 0.00467. The number of methoxy groups -OCH3 is 1. The number of phenols is 2. The number of carbonyl (C=O) groups excluding carboxylic acids is 3. The number of likely N-dealkylation sites (N-methyl/N-ethyl adjacent to an activating group) is 1. The maximum atomic E-state index is 13.8. The first kappa shape index (κ1) is 31.6. The highest BCUT2D eigenvalue weighted by Gasteiger charge is 2.50. The molecule has 7 atom stereocenters.